The molecule has 0 aromatic heterocycles. The first-order valence-electron chi connectivity index (χ1n) is 9.93. The largest absolute Gasteiger partial charge is 0.493 e. The molecule has 1 amide bonds. The number of nitrogens with one attached hydrogen (secondary N) is 1. The van der Waals surface area contributed by atoms with Crippen molar-refractivity contribution in [3.8, 4) is 16.9 Å². The van der Waals surface area contributed by atoms with E-state index in [1.54, 1.807) is 0 Å². The summed E-state index contributed by atoms with van der Waals surface area (Å²) in [6.45, 7) is -0.569. The van der Waals surface area contributed by atoms with Crippen LogP contribution in [0.15, 0.2) is 72.8 Å². The Morgan fingerprint density at radius 1 is 1.00 bits per heavy atom. The van der Waals surface area contributed by atoms with Crippen molar-refractivity contribution in [1.82, 2.24) is 0 Å². The minimum atomic E-state index is -4.67. The second-order valence-corrected chi connectivity index (χ2v) is 7.15. The Kier molecular flexibility index (Phi) is 7.50. The monoisotopic (exact) mass is 444 g/mol. The third-order valence-corrected chi connectivity index (χ3v) is 4.80. The predicted molar refractivity (Wildman–Crippen MR) is 116 cm³/mol. The molecule has 4 N–H and O–H groups in total. The molecule has 1 atom stereocenters. The summed E-state index contributed by atoms with van der Waals surface area (Å²) < 4.78 is 45.9. The molecule has 0 aliphatic rings. The highest BCUT2D eigenvalue weighted by atomic mass is 19.4. The normalized spacial score (nSPS) is 12.3. The van der Waals surface area contributed by atoms with Crippen molar-refractivity contribution in [2.75, 3.05) is 18.5 Å². The molecule has 168 valence electrons. The third kappa shape index (κ3) is 6.09. The fraction of sp³-hybridized carbons (Fsp3) is 0.208. The Balaban J connectivity index is 1.65. The van der Waals surface area contributed by atoms with Crippen LogP contribution in [-0.4, -0.2) is 30.3 Å². The zero-order chi connectivity index (χ0) is 23.1. The lowest BCUT2D eigenvalue weighted by molar-refractivity contribution is -0.139. The molecule has 32 heavy (non-hydrogen) atoms. The molecular formula is C24H23F3N2O3. The smallest absolute Gasteiger partial charge is 0.420 e. The average Bonchev–Trinajstić information content (AvgIpc) is 2.79. The van der Waals surface area contributed by atoms with Gasteiger partial charge in [-0.2, -0.15) is 13.2 Å². The number of halogens is 3. The Morgan fingerprint density at radius 3 is 2.28 bits per heavy atom. The average molecular weight is 444 g/mol. The van der Waals surface area contributed by atoms with Gasteiger partial charge in [-0.1, -0.05) is 54.6 Å². The second kappa shape index (κ2) is 10.3. The van der Waals surface area contributed by atoms with Crippen molar-refractivity contribution in [3.05, 3.63) is 83.9 Å². The van der Waals surface area contributed by atoms with Crippen LogP contribution in [0, 0.1) is 0 Å². The van der Waals surface area contributed by atoms with E-state index in [2.05, 4.69) is 5.32 Å². The van der Waals surface area contributed by atoms with Gasteiger partial charge in [0, 0.05) is 12.1 Å². The van der Waals surface area contributed by atoms with Crippen molar-refractivity contribution < 1.29 is 27.8 Å². The summed E-state index contributed by atoms with van der Waals surface area (Å²) in [5.74, 6) is -1.11. The van der Waals surface area contributed by atoms with Gasteiger partial charge < -0.3 is 20.9 Å². The number of aliphatic hydroxyl groups is 1. The maximum atomic E-state index is 13.5. The molecule has 5 nitrogen and oxygen atoms in total. The van der Waals surface area contributed by atoms with Gasteiger partial charge in [-0.25, -0.2) is 0 Å². The van der Waals surface area contributed by atoms with Crippen molar-refractivity contribution in [2.45, 2.75) is 18.6 Å². The maximum absolute atomic E-state index is 13.5. The minimum Gasteiger partial charge on any atom is -0.493 e. The number of aliphatic hydroxyl groups excluding tert-OH is 1. The van der Waals surface area contributed by atoms with Crippen molar-refractivity contribution in [3.63, 3.8) is 0 Å². The van der Waals surface area contributed by atoms with E-state index >= 15 is 0 Å². The van der Waals surface area contributed by atoms with E-state index in [1.807, 2.05) is 54.6 Å². The minimum absolute atomic E-state index is 0.0505. The van der Waals surface area contributed by atoms with Crippen LogP contribution in [0.5, 0.6) is 5.75 Å². The second-order valence-electron chi connectivity index (χ2n) is 7.15. The highest BCUT2D eigenvalue weighted by molar-refractivity contribution is 5.94. The molecule has 0 saturated heterocycles. The molecule has 3 rings (SSSR count). The van der Waals surface area contributed by atoms with Crippen LogP contribution >= 0.6 is 0 Å². The highest BCUT2D eigenvalue weighted by Gasteiger charge is 2.35. The maximum Gasteiger partial charge on any atom is 0.420 e. The van der Waals surface area contributed by atoms with Crippen LogP contribution < -0.4 is 15.8 Å². The molecule has 0 aliphatic carbocycles. The Hall–Kier alpha value is -3.36. The van der Waals surface area contributed by atoms with Crippen molar-refractivity contribution in [1.29, 1.82) is 0 Å². The van der Waals surface area contributed by atoms with Gasteiger partial charge in [0.1, 0.15) is 11.8 Å². The summed E-state index contributed by atoms with van der Waals surface area (Å²) in [6.07, 6.45) is -4.25. The summed E-state index contributed by atoms with van der Waals surface area (Å²) >= 11 is 0. The summed E-state index contributed by atoms with van der Waals surface area (Å²) in [4.78, 5) is 11.7. The first-order valence-corrected chi connectivity index (χ1v) is 9.93. The summed E-state index contributed by atoms with van der Waals surface area (Å²) in [5.41, 5.74) is 7.34. The number of amides is 1. The highest BCUT2D eigenvalue weighted by Crippen LogP contribution is 2.38. The van der Waals surface area contributed by atoms with Gasteiger partial charge in [0.05, 0.1) is 18.8 Å². The van der Waals surface area contributed by atoms with Crippen LogP contribution in [0.3, 0.4) is 0 Å². The number of carbonyl (C=O) groups excluding carboxylic acids is 1. The molecular weight excluding hydrogens is 421 g/mol. The Morgan fingerprint density at radius 2 is 1.66 bits per heavy atom. The molecule has 0 heterocycles. The van der Waals surface area contributed by atoms with Crippen LogP contribution in [0.4, 0.5) is 18.9 Å². The fourth-order valence-corrected chi connectivity index (χ4v) is 3.05. The van der Waals surface area contributed by atoms with E-state index in [0.29, 0.717) is 6.42 Å². The van der Waals surface area contributed by atoms with Crippen LogP contribution in [-0.2, 0) is 17.4 Å². The standard InChI is InChI=1S/C24H23F3N2O3/c25-24(26,27)20-14-19(29-23(31)21(28)15-30)10-11-22(20)32-13-12-16-6-8-18(9-7-16)17-4-2-1-3-5-17/h1-11,14,21,30H,12-13,15,28H2,(H,29,31). The number of hydrogen-bond donors (Lipinski definition) is 3. The van der Waals surface area contributed by atoms with Gasteiger partial charge in [-0.3, -0.25) is 4.79 Å². The Labute approximate surface area is 183 Å². The van der Waals surface area contributed by atoms with Gasteiger partial charge in [0.2, 0.25) is 5.91 Å². The van der Waals surface area contributed by atoms with Crippen molar-refractivity contribution in [2.24, 2.45) is 5.73 Å². The lowest BCUT2D eigenvalue weighted by Crippen LogP contribution is -2.38. The lowest BCUT2D eigenvalue weighted by Gasteiger charge is -2.16. The van der Waals surface area contributed by atoms with E-state index in [4.69, 9.17) is 15.6 Å². The van der Waals surface area contributed by atoms with Gasteiger partial charge in [-0.15, -0.1) is 0 Å². The first kappa shape index (κ1) is 23.3. The van der Waals surface area contributed by atoms with Crippen LogP contribution in [0.2, 0.25) is 0 Å². The molecule has 0 fully saturated rings. The van der Waals surface area contributed by atoms with E-state index in [9.17, 15) is 18.0 Å². The molecule has 3 aromatic carbocycles. The van der Waals surface area contributed by atoms with Crippen LogP contribution in [0.25, 0.3) is 11.1 Å². The molecule has 0 radical (unpaired) electrons. The summed E-state index contributed by atoms with van der Waals surface area (Å²) in [7, 11) is 0. The van der Waals surface area contributed by atoms with Gasteiger partial charge in [0.15, 0.2) is 0 Å². The fourth-order valence-electron chi connectivity index (χ4n) is 3.05. The molecule has 0 saturated carbocycles. The van der Waals surface area contributed by atoms with Gasteiger partial charge in [-0.05, 0) is 34.9 Å². The van der Waals surface area contributed by atoms with Gasteiger partial charge in [0.25, 0.3) is 0 Å². The molecule has 8 heteroatoms. The van der Waals surface area contributed by atoms with E-state index < -0.39 is 30.3 Å². The number of alkyl halides is 3. The topological polar surface area (TPSA) is 84.6 Å². The van der Waals surface area contributed by atoms with E-state index in [0.717, 1.165) is 28.8 Å². The zero-order valence-electron chi connectivity index (χ0n) is 17.1. The molecule has 0 bridgehead atoms. The third-order valence-electron chi connectivity index (χ3n) is 4.80. The summed E-state index contributed by atoms with van der Waals surface area (Å²) in [5, 5.41) is 11.1. The molecule has 3 aromatic rings. The van der Waals surface area contributed by atoms with Crippen molar-refractivity contribution >= 4 is 11.6 Å². The number of rotatable bonds is 8. The number of benzene rings is 3. The van der Waals surface area contributed by atoms with E-state index in [-0.39, 0.29) is 18.0 Å². The number of anilines is 1. The lowest BCUT2D eigenvalue weighted by atomic mass is 10.0. The predicted octanol–water partition coefficient (Wildman–Crippen LogP) is 4.25. The molecule has 1 unspecified atom stereocenters. The van der Waals surface area contributed by atoms with Gasteiger partial charge >= 0.3 is 6.18 Å². The van der Waals surface area contributed by atoms with E-state index in [1.165, 1.54) is 6.07 Å². The Bertz CT molecular complexity index is 1040. The number of hydrogen-bond acceptors (Lipinski definition) is 4. The number of ether oxygens (including phenoxy) is 1. The molecule has 0 aliphatic heterocycles. The number of carbonyl (C=O) groups is 1. The zero-order valence-corrected chi connectivity index (χ0v) is 17.1. The first-order chi connectivity index (χ1) is 15.3. The SMILES string of the molecule is NC(CO)C(=O)Nc1ccc(OCCc2ccc(-c3ccccc3)cc2)c(C(F)(F)F)c1. The quantitative estimate of drug-likeness (QED) is 0.485. The summed E-state index contributed by atoms with van der Waals surface area (Å²) in [6, 6.07) is 19.6. The number of nitrogens with two attached hydrogens (primary N) is 1. The van der Waals surface area contributed by atoms with Crippen LogP contribution in [0.1, 0.15) is 11.1 Å². The molecule has 0 spiro atoms.